The highest BCUT2D eigenvalue weighted by Crippen LogP contribution is 2.21. The second kappa shape index (κ2) is 6.75. The van der Waals surface area contributed by atoms with Crippen molar-refractivity contribution in [3.8, 4) is 5.75 Å². The van der Waals surface area contributed by atoms with Gasteiger partial charge in [0.1, 0.15) is 5.75 Å². The molecule has 0 aliphatic carbocycles. The molecule has 1 atom stereocenters. The maximum absolute atomic E-state index is 12.1. The van der Waals surface area contributed by atoms with Crippen LogP contribution in [0.1, 0.15) is 17.5 Å². The number of carbonyl (C=O) groups is 1. The van der Waals surface area contributed by atoms with Gasteiger partial charge in [-0.15, -0.1) is 0 Å². The van der Waals surface area contributed by atoms with Gasteiger partial charge in [0.2, 0.25) is 0 Å². The molecule has 0 aromatic heterocycles. The quantitative estimate of drug-likeness (QED) is 0.828. The van der Waals surface area contributed by atoms with Crippen molar-refractivity contribution in [2.24, 2.45) is 5.92 Å². The zero-order valence-electron chi connectivity index (χ0n) is 12.5. The maximum Gasteiger partial charge on any atom is 0.260 e. The van der Waals surface area contributed by atoms with Crippen LogP contribution < -0.4 is 4.74 Å². The summed E-state index contributed by atoms with van der Waals surface area (Å²) in [4.78, 5) is 14.0. The first-order chi connectivity index (χ1) is 9.61. The molecule has 1 aromatic rings. The van der Waals surface area contributed by atoms with E-state index in [9.17, 15) is 4.79 Å². The number of benzene rings is 1. The van der Waals surface area contributed by atoms with E-state index < -0.39 is 0 Å². The van der Waals surface area contributed by atoms with Gasteiger partial charge < -0.3 is 14.4 Å². The Morgan fingerprint density at radius 2 is 2.20 bits per heavy atom. The third kappa shape index (κ3) is 3.51. The van der Waals surface area contributed by atoms with Crippen LogP contribution in [0.3, 0.4) is 0 Å². The van der Waals surface area contributed by atoms with Crippen molar-refractivity contribution < 1.29 is 14.3 Å². The van der Waals surface area contributed by atoms with Gasteiger partial charge >= 0.3 is 0 Å². The Kier molecular flexibility index (Phi) is 5.01. The van der Waals surface area contributed by atoms with Crippen LogP contribution in [0.25, 0.3) is 0 Å². The highest BCUT2D eigenvalue weighted by atomic mass is 16.5. The lowest BCUT2D eigenvalue weighted by molar-refractivity contribution is -0.132. The predicted molar refractivity (Wildman–Crippen MR) is 78.0 cm³/mol. The SMILES string of the molecule is COC[C@@H]1CCN(C(=O)COc2cccc(C)c2C)C1. The van der Waals surface area contributed by atoms with Crippen LogP contribution in [-0.4, -0.2) is 44.2 Å². The van der Waals surface area contributed by atoms with E-state index in [1.54, 1.807) is 7.11 Å². The number of ether oxygens (including phenoxy) is 2. The predicted octanol–water partition coefficient (Wildman–Crippen LogP) is 2.18. The van der Waals surface area contributed by atoms with E-state index in [0.717, 1.165) is 37.4 Å². The summed E-state index contributed by atoms with van der Waals surface area (Å²) in [6.07, 6.45) is 1.02. The zero-order valence-corrected chi connectivity index (χ0v) is 12.5. The van der Waals surface area contributed by atoms with Crippen LogP contribution in [-0.2, 0) is 9.53 Å². The number of rotatable bonds is 5. The Bertz CT molecular complexity index is 473. The average molecular weight is 277 g/mol. The fourth-order valence-corrected chi connectivity index (χ4v) is 2.54. The summed E-state index contributed by atoms with van der Waals surface area (Å²) in [5.41, 5.74) is 2.27. The van der Waals surface area contributed by atoms with Gasteiger partial charge in [0, 0.05) is 26.1 Å². The largest absolute Gasteiger partial charge is 0.483 e. The monoisotopic (exact) mass is 277 g/mol. The van der Waals surface area contributed by atoms with Crippen LogP contribution in [0.15, 0.2) is 18.2 Å². The van der Waals surface area contributed by atoms with Crippen LogP contribution in [0.5, 0.6) is 5.75 Å². The van der Waals surface area contributed by atoms with Crippen molar-refractivity contribution in [2.45, 2.75) is 20.3 Å². The van der Waals surface area contributed by atoms with E-state index in [1.807, 2.05) is 36.9 Å². The first-order valence-corrected chi connectivity index (χ1v) is 7.07. The van der Waals surface area contributed by atoms with Crippen LogP contribution in [0.2, 0.25) is 0 Å². The van der Waals surface area contributed by atoms with Gasteiger partial charge in [-0.1, -0.05) is 12.1 Å². The number of amides is 1. The molecule has 0 N–H and O–H groups in total. The van der Waals surface area contributed by atoms with Crippen molar-refractivity contribution in [3.05, 3.63) is 29.3 Å². The van der Waals surface area contributed by atoms with Crippen molar-refractivity contribution in [2.75, 3.05) is 33.4 Å². The molecule has 2 rings (SSSR count). The molecule has 1 heterocycles. The number of likely N-dealkylation sites (tertiary alicyclic amines) is 1. The molecule has 20 heavy (non-hydrogen) atoms. The summed E-state index contributed by atoms with van der Waals surface area (Å²) >= 11 is 0. The lowest BCUT2D eigenvalue weighted by atomic mass is 10.1. The van der Waals surface area contributed by atoms with Crippen LogP contribution in [0.4, 0.5) is 0 Å². The van der Waals surface area contributed by atoms with Gasteiger partial charge in [0.15, 0.2) is 6.61 Å². The summed E-state index contributed by atoms with van der Waals surface area (Å²) < 4.78 is 10.8. The molecule has 1 amide bonds. The summed E-state index contributed by atoms with van der Waals surface area (Å²) in [6.45, 7) is 6.48. The van der Waals surface area contributed by atoms with Crippen LogP contribution >= 0.6 is 0 Å². The summed E-state index contributed by atoms with van der Waals surface area (Å²) in [6, 6.07) is 5.90. The summed E-state index contributed by atoms with van der Waals surface area (Å²) in [5.74, 6) is 1.32. The average Bonchev–Trinajstić information content (AvgIpc) is 2.89. The van der Waals surface area contributed by atoms with Gasteiger partial charge in [-0.05, 0) is 37.5 Å². The first-order valence-electron chi connectivity index (χ1n) is 7.07. The van der Waals surface area contributed by atoms with E-state index >= 15 is 0 Å². The van der Waals surface area contributed by atoms with E-state index in [-0.39, 0.29) is 12.5 Å². The second-order valence-corrected chi connectivity index (χ2v) is 5.44. The summed E-state index contributed by atoms with van der Waals surface area (Å²) in [5, 5.41) is 0. The Morgan fingerprint density at radius 3 is 2.95 bits per heavy atom. The molecule has 0 unspecified atom stereocenters. The smallest absolute Gasteiger partial charge is 0.260 e. The van der Waals surface area contributed by atoms with Crippen LogP contribution in [0, 0.1) is 19.8 Å². The number of hydrogen-bond donors (Lipinski definition) is 0. The standard InChI is InChI=1S/C16H23NO3/c1-12-5-4-6-15(13(12)2)20-11-16(18)17-8-7-14(9-17)10-19-3/h4-6,14H,7-11H2,1-3H3/t14-/m1/s1. The normalized spacial score (nSPS) is 18.4. The number of methoxy groups -OCH3 is 1. The van der Waals surface area contributed by atoms with Crippen molar-refractivity contribution in [3.63, 3.8) is 0 Å². The molecule has 4 heteroatoms. The van der Waals surface area contributed by atoms with Gasteiger partial charge in [0.25, 0.3) is 5.91 Å². The highest BCUT2D eigenvalue weighted by molar-refractivity contribution is 5.78. The number of hydrogen-bond acceptors (Lipinski definition) is 3. The Balaban J connectivity index is 1.85. The molecule has 1 aliphatic rings. The second-order valence-electron chi connectivity index (χ2n) is 5.44. The molecule has 1 saturated heterocycles. The van der Waals surface area contributed by atoms with Crippen molar-refractivity contribution in [1.29, 1.82) is 0 Å². The minimum Gasteiger partial charge on any atom is -0.483 e. The highest BCUT2D eigenvalue weighted by Gasteiger charge is 2.26. The van der Waals surface area contributed by atoms with E-state index in [4.69, 9.17) is 9.47 Å². The van der Waals surface area contributed by atoms with E-state index in [1.165, 1.54) is 5.56 Å². The molecular formula is C16H23NO3. The minimum atomic E-state index is 0.0597. The number of aryl methyl sites for hydroxylation is 1. The van der Waals surface area contributed by atoms with E-state index in [0.29, 0.717) is 5.92 Å². The molecule has 1 fully saturated rings. The molecule has 0 bridgehead atoms. The zero-order chi connectivity index (χ0) is 14.5. The molecule has 4 nitrogen and oxygen atoms in total. The molecule has 1 aliphatic heterocycles. The van der Waals surface area contributed by atoms with Gasteiger partial charge in [-0.3, -0.25) is 4.79 Å². The topological polar surface area (TPSA) is 38.8 Å². The fraction of sp³-hybridized carbons (Fsp3) is 0.562. The maximum atomic E-state index is 12.1. The summed E-state index contributed by atoms with van der Waals surface area (Å²) in [7, 11) is 1.70. The third-order valence-corrected chi connectivity index (χ3v) is 3.95. The molecule has 1 aromatic carbocycles. The third-order valence-electron chi connectivity index (χ3n) is 3.95. The number of nitrogens with zero attached hydrogens (tertiary/aromatic N) is 1. The fourth-order valence-electron chi connectivity index (χ4n) is 2.54. The lowest BCUT2D eigenvalue weighted by Gasteiger charge is -2.17. The lowest BCUT2D eigenvalue weighted by Crippen LogP contribution is -2.33. The van der Waals surface area contributed by atoms with E-state index in [2.05, 4.69) is 0 Å². The minimum absolute atomic E-state index is 0.0597. The molecule has 0 saturated carbocycles. The first kappa shape index (κ1) is 14.9. The number of carbonyl (C=O) groups excluding carboxylic acids is 1. The van der Waals surface area contributed by atoms with Gasteiger partial charge in [-0.25, -0.2) is 0 Å². The Labute approximate surface area is 120 Å². The van der Waals surface area contributed by atoms with Gasteiger partial charge in [0.05, 0.1) is 6.61 Å². The van der Waals surface area contributed by atoms with Crippen molar-refractivity contribution in [1.82, 2.24) is 4.90 Å². The Morgan fingerprint density at radius 1 is 1.40 bits per heavy atom. The Hall–Kier alpha value is -1.55. The molecular weight excluding hydrogens is 254 g/mol. The van der Waals surface area contributed by atoms with Gasteiger partial charge in [-0.2, -0.15) is 0 Å². The molecule has 0 spiro atoms. The molecule has 0 radical (unpaired) electrons. The molecule has 110 valence electrons. The van der Waals surface area contributed by atoms with Crippen molar-refractivity contribution >= 4 is 5.91 Å².